The summed E-state index contributed by atoms with van der Waals surface area (Å²) in [6.45, 7) is 7.50. The number of carbonyl (C=O) groups is 1. The van der Waals surface area contributed by atoms with Crippen molar-refractivity contribution in [3.63, 3.8) is 0 Å². The first-order valence-electron chi connectivity index (χ1n) is 9.10. The van der Waals surface area contributed by atoms with Gasteiger partial charge in [0.05, 0.1) is 6.26 Å². The van der Waals surface area contributed by atoms with Crippen LogP contribution in [0.3, 0.4) is 0 Å². The SMILES string of the molecule is Cc1cc2oc(=O)cc(CN3CCN(C(=O)c4ccco4)CC3)c2cc1C. The first-order valence-corrected chi connectivity index (χ1v) is 9.10. The van der Waals surface area contributed by atoms with Crippen molar-refractivity contribution in [1.29, 1.82) is 0 Å². The number of piperazine rings is 1. The molecule has 0 bridgehead atoms. The molecule has 0 radical (unpaired) electrons. The molecule has 3 heterocycles. The fraction of sp³-hybridized carbons (Fsp3) is 0.333. The van der Waals surface area contributed by atoms with E-state index in [0.29, 0.717) is 31.0 Å². The van der Waals surface area contributed by atoms with Crippen molar-refractivity contribution in [1.82, 2.24) is 9.80 Å². The summed E-state index contributed by atoms with van der Waals surface area (Å²) >= 11 is 0. The molecule has 0 saturated carbocycles. The third kappa shape index (κ3) is 3.53. The molecule has 0 unspecified atom stereocenters. The topological polar surface area (TPSA) is 66.9 Å². The molecule has 4 rings (SSSR count). The van der Waals surface area contributed by atoms with Gasteiger partial charge in [-0.15, -0.1) is 0 Å². The Morgan fingerprint density at radius 1 is 1.07 bits per heavy atom. The van der Waals surface area contributed by atoms with Crippen LogP contribution in [0.5, 0.6) is 0 Å². The highest BCUT2D eigenvalue weighted by molar-refractivity contribution is 5.91. The van der Waals surface area contributed by atoms with Crippen molar-refractivity contribution in [2.24, 2.45) is 0 Å². The molecule has 0 atom stereocenters. The predicted octanol–water partition coefficient (Wildman–Crippen LogP) is 2.96. The van der Waals surface area contributed by atoms with Crippen LogP contribution in [-0.4, -0.2) is 41.9 Å². The van der Waals surface area contributed by atoms with Crippen LogP contribution in [0.2, 0.25) is 0 Å². The molecular formula is C21H22N2O4. The van der Waals surface area contributed by atoms with Gasteiger partial charge in [-0.05, 0) is 54.8 Å². The van der Waals surface area contributed by atoms with E-state index in [9.17, 15) is 9.59 Å². The molecule has 1 fully saturated rings. The summed E-state index contributed by atoms with van der Waals surface area (Å²) in [7, 11) is 0. The van der Waals surface area contributed by atoms with E-state index in [0.717, 1.165) is 29.6 Å². The number of hydrogen-bond donors (Lipinski definition) is 0. The van der Waals surface area contributed by atoms with Gasteiger partial charge in [-0.2, -0.15) is 0 Å². The first kappa shape index (κ1) is 17.5. The predicted molar refractivity (Wildman–Crippen MR) is 102 cm³/mol. The Morgan fingerprint density at radius 3 is 2.52 bits per heavy atom. The lowest BCUT2D eigenvalue weighted by Crippen LogP contribution is -2.48. The highest BCUT2D eigenvalue weighted by Gasteiger charge is 2.24. The largest absolute Gasteiger partial charge is 0.459 e. The van der Waals surface area contributed by atoms with Gasteiger partial charge in [-0.1, -0.05) is 0 Å². The van der Waals surface area contributed by atoms with Gasteiger partial charge in [0, 0.05) is 44.2 Å². The van der Waals surface area contributed by atoms with E-state index in [2.05, 4.69) is 17.9 Å². The van der Waals surface area contributed by atoms with Crippen molar-refractivity contribution in [3.05, 3.63) is 69.5 Å². The molecule has 2 aromatic heterocycles. The minimum Gasteiger partial charge on any atom is -0.459 e. The maximum absolute atomic E-state index is 12.4. The standard InChI is InChI=1S/C21H22N2O4/c1-14-10-17-16(12-20(24)27-19(17)11-15(14)2)13-22-5-7-23(8-6-22)21(25)18-4-3-9-26-18/h3-4,9-12H,5-8,13H2,1-2H3. The van der Waals surface area contributed by atoms with Crippen LogP contribution >= 0.6 is 0 Å². The quantitative estimate of drug-likeness (QED) is 0.667. The summed E-state index contributed by atoms with van der Waals surface area (Å²) in [6, 6.07) is 9.00. The van der Waals surface area contributed by atoms with E-state index < -0.39 is 0 Å². The Balaban J connectivity index is 1.50. The monoisotopic (exact) mass is 366 g/mol. The Labute approximate surface area is 157 Å². The second-order valence-corrected chi connectivity index (χ2v) is 7.07. The van der Waals surface area contributed by atoms with Gasteiger partial charge < -0.3 is 13.7 Å². The Hall–Kier alpha value is -2.86. The zero-order valence-electron chi connectivity index (χ0n) is 15.5. The average Bonchev–Trinajstić information content (AvgIpc) is 3.18. The number of carbonyl (C=O) groups excluding carboxylic acids is 1. The maximum Gasteiger partial charge on any atom is 0.336 e. The second-order valence-electron chi connectivity index (χ2n) is 7.07. The van der Waals surface area contributed by atoms with Gasteiger partial charge in [0.15, 0.2) is 5.76 Å². The number of furan rings is 1. The average molecular weight is 366 g/mol. The van der Waals surface area contributed by atoms with Crippen molar-refractivity contribution in [2.45, 2.75) is 20.4 Å². The molecule has 27 heavy (non-hydrogen) atoms. The lowest BCUT2D eigenvalue weighted by atomic mass is 10.0. The maximum atomic E-state index is 12.4. The number of amides is 1. The number of hydrogen-bond acceptors (Lipinski definition) is 5. The van der Waals surface area contributed by atoms with E-state index in [4.69, 9.17) is 8.83 Å². The number of benzene rings is 1. The molecule has 1 aliphatic heterocycles. The van der Waals surface area contributed by atoms with Crippen molar-refractivity contribution in [3.8, 4) is 0 Å². The van der Waals surface area contributed by atoms with Crippen molar-refractivity contribution in [2.75, 3.05) is 26.2 Å². The van der Waals surface area contributed by atoms with Gasteiger partial charge in [0.2, 0.25) is 0 Å². The third-order valence-corrected chi connectivity index (χ3v) is 5.23. The molecule has 0 N–H and O–H groups in total. The molecule has 1 aliphatic rings. The molecule has 6 heteroatoms. The van der Waals surface area contributed by atoms with Gasteiger partial charge >= 0.3 is 5.63 Å². The molecule has 0 spiro atoms. The third-order valence-electron chi connectivity index (χ3n) is 5.23. The smallest absolute Gasteiger partial charge is 0.336 e. The van der Waals surface area contributed by atoms with Crippen LogP contribution in [0.25, 0.3) is 11.0 Å². The second kappa shape index (κ2) is 7.04. The Bertz CT molecular complexity index is 1030. The van der Waals surface area contributed by atoms with Gasteiger partial charge in [-0.3, -0.25) is 9.69 Å². The van der Waals surface area contributed by atoms with Crippen LogP contribution < -0.4 is 5.63 Å². The molecule has 1 aromatic carbocycles. The van der Waals surface area contributed by atoms with Crippen molar-refractivity contribution < 1.29 is 13.6 Å². The lowest BCUT2D eigenvalue weighted by molar-refractivity contribution is 0.0598. The zero-order chi connectivity index (χ0) is 19.0. The molecule has 1 amide bonds. The van der Waals surface area contributed by atoms with Crippen LogP contribution in [0.1, 0.15) is 27.2 Å². The normalized spacial score (nSPS) is 15.4. The molecule has 0 aliphatic carbocycles. The summed E-state index contributed by atoms with van der Waals surface area (Å²) in [6.07, 6.45) is 1.51. The van der Waals surface area contributed by atoms with Gasteiger partial charge in [0.1, 0.15) is 5.58 Å². The van der Waals surface area contributed by atoms with Crippen LogP contribution in [-0.2, 0) is 6.54 Å². The van der Waals surface area contributed by atoms with Gasteiger partial charge in [0.25, 0.3) is 5.91 Å². The first-order chi connectivity index (χ1) is 13.0. The molecule has 6 nitrogen and oxygen atoms in total. The molecule has 1 saturated heterocycles. The summed E-state index contributed by atoms with van der Waals surface area (Å²) in [5.74, 6) is 0.303. The van der Waals surface area contributed by atoms with Crippen LogP contribution in [0.4, 0.5) is 0 Å². The highest BCUT2D eigenvalue weighted by Crippen LogP contribution is 2.23. The molecule has 140 valence electrons. The highest BCUT2D eigenvalue weighted by atomic mass is 16.4. The summed E-state index contributed by atoms with van der Waals surface area (Å²) in [5, 5.41) is 0.979. The Morgan fingerprint density at radius 2 is 1.81 bits per heavy atom. The van der Waals surface area contributed by atoms with Crippen molar-refractivity contribution >= 4 is 16.9 Å². The molecular weight excluding hydrogens is 344 g/mol. The summed E-state index contributed by atoms with van der Waals surface area (Å²) < 4.78 is 10.6. The Kier molecular flexibility index (Phi) is 4.58. The van der Waals surface area contributed by atoms with Crippen LogP contribution in [0.15, 0.2) is 50.2 Å². The number of aryl methyl sites for hydroxylation is 2. The van der Waals surface area contributed by atoms with Gasteiger partial charge in [-0.25, -0.2) is 4.79 Å². The fourth-order valence-electron chi connectivity index (χ4n) is 3.52. The lowest BCUT2D eigenvalue weighted by Gasteiger charge is -2.34. The summed E-state index contributed by atoms with van der Waals surface area (Å²) in [4.78, 5) is 28.4. The van der Waals surface area contributed by atoms with Crippen LogP contribution in [0, 0.1) is 13.8 Å². The minimum absolute atomic E-state index is 0.0726. The zero-order valence-corrected chi connectivity index (χ0v) is 15.5. The summed E-state index contributed by atoms with van der Waals surface area (Å²) in [5.41, 5.74) is 3.55. The van der Waals surface area contributed by atoms with E-state index in [1.807, 2.05) is 13.0 Å². The van der Waals surface area contributed by atoms with E-state index in [-0.39, 0.29) is 11.5 Å². The number of rotatable bonds is 3. The number of nitrogens with zero attached hydrogens (tertiary/aromatic N) is 2. The number of fused-ring (bicyclic) bond motifs is 1. The minimum atomic E-state index is -0.326. The molecule has 3 aromatic rings. The van der Waals surface area contributed by atoms with E-state index >= 15 is 0 Å². The fourth-order valence-corrected chi connectivity index (χ4v) is 3.52. The van der Waals surface area contributed by atoms with E-state index in [1.54, 1.807) is 23.1 Å². The van der Waals surface area contributed by atoms with E-state index in [1.165, 1.54) is 11.8 Å².